The minimum absolute atomic E-state index is 0.0153. The van der Waals surface area contributed by atoms with Crippen LogP contribution >= 0.6 is 0 Å². The summed E-state index contributed by atoms with van der Waals surface area (Å²) in [5.74, 6) is -2.31. The minimum atomic E-state index is -1.03. The molecule has 0 saturated carbocycles. The van der Waals surface area contributed by atoms with Gasteiger partial charge < -0.3 is 0 Å². The summed E-state index contributed by atoms with van der Waals surface area (Å²) in [5, 5.41) is 5.05. The van der Waals surface area contributed by atoms with Crippen molar-refractivity contribution in [1.29, 1.82) is 0 Å². The second-order valence-corrected chi connectivity index (χ2v) is 4.41. The molecule has 3 nitrogen and oxygen atoms in total. The molecule has 0 radical (unpaired) electrons. The lowest BCUT2D eigenvalue weighted by Gasteiger charge is -2.04. The highest BCUT2D eigenvalue weighted by atomic mass is 19.2. The Kier molecular flexibility index (Phi) is 3.02. The molecular formula is C15H10F2N2O. The zero-order chi connectivity index (χ0) is 14.1. The number of ketones is 1. The molecule has 0 aliphatic carbocycles. The van der Waals surface area contributed by atoms with Crippen LogP contribution in [-0.2, 0) is 6.54 Å². The Morgan fingerprint density at radius 3 is 2.70 bits per heavy atom. The molecule has 0 atom stereocenters. The van der Waals surface area contributed by atoms with Crippen LogP contribution in [0.1, 0.15) is 10.4 Å². The molecule has 0 N–H and O–H groups in total. The third-order valence-corrected chi connectivity index (χ3v) is 3.09. The summed E-state index contributed by atoms with van der Waals surface area (Å²) in [7, 11) is 0. The van der Waals surface area contributed by atoms with Gasteiger partial charge in [-0.15, -0.1) is 0 Å². The van der Waals surface area contributed by atoms with Crippen molar-refractivity contribution < 1.29 is 13.6 Å². The predicted molar refractivity (Wildman–Crippen MR) is 70.4 cm³/mol. The Morgan fingerprint density at radius 1 is 1.10 bits per heavy atom. The summed E-state index contributed by atoms with van der Waals surface area (Å²) >= 11 is 0. The van der Waals surface area contributed by atoms with Gasteiger partial charge in [0.25, 0.3) is 0 Å². The van der Waals surface area contributed by atoms with Crippen LogP contribution in [-0.4, -0.2) is 15.6 Å². The highest BCUT2D eigenvalue weighted by Crippen LogP contribution is 2.14. The van der Waals surface area contributed by atoms with Crippen molar-refractivity contribution in [2.24, 2.45) is 0 Å². The number of carbonyl (C=O) groups excluding carboxylic acids is 1. The van der Waals surface area contributed by atoms with Gasteiger partial charge in [0.15, 0.2) is 17.4 Å². The molecule has 0 bridgehead atoms. The van der Waals surface area contributed by atoms with Crippen molar-refractivity contribution in [2.45, 2.75) is 6.54 Å². The highest BCUT2D eigenvalue weighted by molar-refractivity contribution is 5.96. The number of carbonyl (C=O) groups is 1. The van der Waals surface area contributed by atoms with E-state index in [4.69, 9.17) is 0 Å². The van der Waals surface area contributed by atoms with E-state index >= 15 is 0 Å². The fourth-order valence-corrected chi connectivity index (χ4v) is 2.05. The first-order chi connectivity index (χ1) is 9.65. The lowest BCUT2D eigenvalue weighted by atomic mass is 10.1. The fourth-order valence-electron chi connectivity index (χ4n) is 2.05. The first kappa shape index (κ1) is 12.5. The summed E-state index contributed by atoms with van der Waals surface area (Å²) in [6, 6.07) is 10.6. The van der Waals surface area contributed by atoms with Gasteiger partial charge in [-0.05, 0) is 24.3 Å². The zero-order valence-corrected chi connectivity index (χ0v) is 10.4. The number of halogens is 2. The van der Waals surface area contributed by atoms with Crippen molar-refractivity contribution in [3.63, 3.8) is 0 Å². The number of hydrogen-bond donors (Lipinski definition) is 0. The van der Waals surface area contributed by atoms with E-state index in [1.54, 1.807) is 10.9 Å². The van der Waals surface area contributed by atoms with E-state index in [0.717, 1.165) is 23.0 Å². The number of hydrogen-bond acceptors (Lipinski definition) is 2. The van der Waals surface area contributed by atoms with Gasteiger partial charge >= 0.3 is 0 Å². The summed E-state index contributed by atoms with van der Waals surface area (Å²) in [6.45, 7) is -0.0153. The van der Waals surface area contributed by atoms with Crippen LogP contribution in [0.3, 0.4) is 0 Å². The molecule has 5 heteroatoms. The highest BCUT2D eigenvalue weighted by Gasteiger charge is 2.12. The third kappa shape index (κ3) is 2.18. The normalized spacial score (nSPS) is 10.9. The van der Waals surface area contributed by atoms with E-state index in [-0.39, 0.29) is 17.9 Å². The molecule has 0 unspecified atom stereocenters. The van der Waals surface area contributed by atoms with Gasteiger partial charge in [-0.3, -0.25) is 9.48 Å². The largest absolute Gasteiger partial charge is 0.292 e. The van der Waals surface area contributed by atoms with E-state index in [1.165, 1.54) is 6.07 Å². The molecule has 2 aromatic carbocycles. The van der Waals surface area contributed by atoms with Crippen molar-refractivity contribution in [2.75, 3.05) is 0 Å². The minimum Gasteiger partial charge on any atom is -0.292 e. The standard InChI is InChI=1S/C15H10F2N2O/c16-12-6-5-10(7-13(12)17)15(20)9-19-14-4-2-1-3-11(14)8-18-19/h1-8H,9H2. The smallest absolute Gasteiger partial charge is 0.184 e. The number of benzene rings is 2. The molecule has 0 spiro atoms. The Balaban J connectivity index is 1.90. The fraction of sp³-hybridized carbons (Fsp3) is 0.0667. The van der Waals surface area contributed by atoms with Crippen LogP contribution < -0.4 is 0 Å². The van der Waals surface area contributed by atoms with Gasteiger partial charge in [-0.1, -0.05) is 18.2 Å². The molecule has 0 aliphatic rings. The number of Topliss-reactive ketones (excluding diaryl/α,β-unsaturated/α-hetero) is 1. The van der Waals surface area contributed by atoms with Crippen molar-refractivity contribution >= 4 is 16.7 Å². The average molecular weight is 272 g/mol. The van der Waals surface area contributed by atoms with Crippen LogP contribution in [0.25, 0.3) is 10.9 Å². The Bertz CT molecular complexity index is 795. The van der Waals surface area contributed by atoms with Gasteiger partial charge in [0.1, 0.15) is 6.54 Å². The summed E-state index contributed by atoms with van der Waals surface area (Å²) in [6.07, 6.45) is 1.66. The van der Waals surface area contributed by atoms with E-state index in [9.17, 15) is 13.6 Å². The topological polar surface area (TPSA) is 34.9 Å². The number of para-hydroxylation sites is 1. The Morgan fingerprint density at radius 2 is 1.90 bits per heavy atom. The van der Waals surface area contributed by atoms with Gasteiger partial charge in [-0.2, -0.15) is 5.10 Å². The van der Waals surface area contributed by atoms with Crippen LogP contribution in [0.5, 0.6) is 0 Å². The average Bonchev–Trinajstić information content (AvgIpc) is 2.85. The molecular weight excluding hydrogens is 262 g/mol. The van der Waals surface area contributed by atoms with Gasteiger partial charge in [0, 0.05) is 10.9 Å². The van der Waals surface area contributed by atoms with Crippen molar-refractivity contribution in [3.05, 3.63) is 65.9 Å². The molecule has 3 rings (SSSR count). The monoisotopic (exact) mass is 272 g/mol. The molecule has 0 aliphatic heterocycles. The Hall–Kier alpha value is -2.56. The molecule has 3 aromatic rings. The summed E-state index contributed by atoms with van der Waals surface area (Å²) in [4.78, 5) is 12.1. The number of rotatable bonds is 3. The quantitative estimate of drug-likeness (QED) is 0.686. The lowest BCUT2D eigenvalue weighted by molar-refractivity contribution is 0.0968. The van der Waals surface area contributed by atoms with Crippen LogP contribution in [0.15, 0.2) is 48.7 Å². The first-order valence-corrected chi connectivity index (χ1v) is 6.04. The molecule has 100 valence electrons. The third-order valence-electron chi connectivity index (χ3n) is 3.09. The van der Waals surface area contributed by atoms with E-state index < -0.39 is 11.6 Å². The maximum absolute atomic E-state index is 13.1. The van der Waals surface area contributed by atoms with E-state index in [2.05, 4.69) is 5.10 Å². The van der Waals surface area contributed by atoms with Crippen LogP contribution in [0, 0.1) is 11.6 Å². The number of aromatic nitrogens is 2. The van der Waals surface area contributed by atoms with E-state index in [0.29, 0.717) is 0 Å². The zero-order valence-electron chi connectivity index (χ0n) is 10.4. The molecule has 0 fully saturated rings. The Labute approximate surface area is 113 Å². The maximum Gasteiger partial charge on any atom is 0.184 e. The molecule has 20 heavy (non-hydrogen) atoms. The summed E-state index contributed by atoms with van der Waals surface area (Å²) in [5.41, 5.74) is 0.951. The van der Waals surface area contributed by atoms with Gasteiger partial charge in [0.05, 0.1) is 11.7 Å². The van der Waals surface area contributed by atoms with Gasteiger partial charge in [0.2, 0.25) is 0 Å². The molecule has 0 amide bonds. The van der Waals surface area contributed by atoms with E-state index in [1.807, 2.05) is 24.3 Å². The number of fused-ring (bicyclic) bond motifs is 1. The maximum atomic E-state index is 13.1. The molecule has 1 aromatic heterocycles. The van der Waals surface area contributed by atoms with Gasteiger partial charge in [-0.25, -0.2) is 8.78 Å². The molecule has 1 heterocycles. The lowest BCUT2D eigenvalue weighted by Crippen LogP contribution is -2.12. The van der Waals surface area contributed by atoms with Crippen molar-refractivity contribution in [1.82, 2.24) is 9.78 Å². The second-order valence-electron chi connectivity index (χ2n) is 4.41. The van der Waals surface area contributed by atoms with Crippen molar-refractivity contribution in [3.8, 4) is 0 Å². The SMILES string of the molecule is O=C(Cn1ncc2ccccc21)c1ccc(F)c(F)c1. The number of nitrogens with zero attached hydrogens (tertiary/aromatic N) is 2. The second kappa shape index (κ2) is 4.85. The molecule has 0 saturated heterocycles. The summed E-state index contributed by atoms with van der Waals surface area (Å²) < 4.78 is 27.5. The first-order valence-electron chi connectivity index (χ1n) is 6.04. The van der Waals surface area contributed by atoms with Crippen LogP contribution in [0.4, 0.5) is 8.78 Å². The predicted octanol–water partition coefficient (Wildman–Crippen LogP) is 3.20. The van der Waals surface area contributed by atoms with Crippen LogP contribution in [0.2, 0.25) is 0 Å².